The molecule has 0 radical (unpaired) electrons. The maximum atomic E-state index is 12.2. The first-order valence-electron chi connectivity index (χ1n) is 7.73. The van der Waals surface area contributed by atoms with Crippen LogP contribution in [0.5, 0.6) is 5.75 Å². The van der Waals surface area contributed by atoms with E-state index in [1.54, 1.807) is 0 Å². The zero-order chi connectivity index (χ0) is 15.2. The molecule has 0 aliphatic carbocycles. The molecule has 21 heavy (non-hydrogen) atoms. The molecular weight excluding hydrogens is 264 g/mol. The molecule has 1 amide bonds. The number of aryl methyl sites for hydroxylation is 1. The Kier molecular flexibility index (Phi) is 5.62. The Morgan fingerprint density at radius 3 is 3.00 bits per heavy atom. The maximum absolute atomic E-state index is 12.2. The minimum absolute atomic E-state index is 0.207. The van der Waals surface area contributed by atoms with Gasteiger partial charge in [-0.3, -0.25) is 4.79 Å². The first kappa shape index (κ1) is 15.8. The molecule has 116 valence electrons. The molecule has 1 N–H and O–H groups in total. The van der Waals surface area contributed by atoms with Gasteiger partial charge in [0.05, 0.1) is 13.0 Å². The maximum Gasteiger partial charge on any atom is 0.226 e. The molecule has 1 aromatic rings. The second-order valence-electron chi connectivity index (χ2n) is 5.85. The van der Waals surface area contributed by atoms with E-state index in [1.165, 1.54) is 5.56 Å². The first-order valence-corrected chi connectivity index (χ1v) is 7.73. The Bertz CT molecular complexity index is 488. The van der Waals surface area contributed by atoms with Crippen molar-refractivity contribution in [3.8, 4) is 5.75 Å². The van der Waals surface area contributed by atoms with E-state index in [1.807, 2.05) is 24.1 Å². The predicted molar refractivity (Wildman–Crippen MR) is 84.6 cm³/mol. The van der Waals surface area contributed by atoms with Crippen LogP contribution in [0.2, 0.25) is 0 Å². The van der Waals surface area contributed by atoms with Crippen molar-refractivity contribution in [2.24, 2.45) is 5.92 Å². The molecule has 0 aromatic heterocycles. The zero-order valence-electron chi connectivity index (χ0n) is 13.3. The number of carbonyl (C=O) groups excluding carboxylic acids is 1. The van der Waals surface area contributed by atoms with E-state index in [0.29, 0.717) is 18.9 Å². The number of nitrogens with one attached hydrogen (secondary N) is 1. The third-order valence-corrected chi connectivity index (χ3v) is 4.26. The Hall–Kier alpha value is -1.55. The largest absolute Gasteiger partial charge is 0.493 e. The number of likely N-dealkylation sites (tertiary alicyclic amines) is 1. The minimum atomic E-state index is 0.207. The molecule has 1 saturated heterocycles. The molecule has 1 aromatic carbocycles. The van der Waals surface area contributed by atoms with Gasteiger partial charge < -0.3 is 15.0 Å². The van der Waals surface area contributed by atoms with Crippen LogP contribution in [0, 0.1) is 19.8 Å². The van der Waals surface area contributed by atoms with Crippen molar-refractivity contribution in [1.82, 2.24) is 10.2 Å². The zero-order valence-corrected chi connectivity index (χ0v) is 13.3. The highest BCUT2D eigenvalue weighted by Crippen LogP contribution is 2.21. The van der Waals surface area contributed by atoms with Gasteiger partial charge in [0.25, 0.3) is 0 Å². The summed E-state index contributed by atoms with van der Waals surface area (Å²) in [6.45, 7) is 7.33. The fourth-order valence-corrected chi connectivity index (χ4v) is 2.80. The molecule has 4 nitrogen and oxygen atoms in total. The van der Waals surface area contributed by atoms with E-state index in [9.17, 15) is 4.79 Å². The minimum Gasteiger partial charge on any atom is -0.493 e. The summed E-state index contributed by atoms with van der Waals surface area (Å²) < 4.78 is 5.76. The van der Waals surface area contributed by atoms with Crippen LogP contribution in [0.15, 0.2) is 18.2 Å². The fourth-order valence-electron chi connectivity index (χ4n) is 2.80. The fraction of sp³-hybridized carbons (Fsp3) is 0.588. The van der Waals surface area contributed by atoms with Gasteiger partial charge >= 0.3 is 0 Å². The molecule has 1 heterocycles. The standard InChI is InChI=1S/C17H26N2O2/c1-13-5-4-6-16(14(13)2)21-10-8-17(20)19-9-7-15(12-19)11-18-3/h4-6,15,18H,7-12H2,1-3H3. The van der Waals surface area contributed by atoms with Gasteiger partial charge in [0, 0.05) is 13.1 Å². The summed E-state index contributed by atoms with van der Waals surface area (Å²) in [5.74, 6) is 1.69. The third kappa shape index (κ3) is 4.21. The number of nitrogens with zero attached hydrogens (tertiary/aromatic N) is 1. The van der Waals surface area contributed by atoms with Crippen LogP contribution >= 0.6 is 0 Å². The monoisotopic (exact) mass is 290 g/mol. The van der Waals surface area contributed by atoms with E-state index in [0.717, 1.165) is 37.4 Å². The SMILES string of the molecule is CNCC1CCN(C(=O)CCOc2cccc(C)c2C)C1. The van der Waals surface area contributed by atoms with Gasteiger partial charge in [-0.05, 0) is 57.0 Å². The molecule has 1 atom stereocenters. The van der Waals surface area contributed by atoms with Crippen molar-refractivity contribution in [3.63, 3.8) is 0 Å². The number of hydrogen-bond donors (Lipinski definition) is 1. The summed E-state index contributed by atoms with van der Waals surface area (Å²) in [7, 11) is 1.96. The lowest BCUT2D eigenvalue weighted by Crippen LogP contribution is -2.31. The highest BCUT2D eigenvalue weighted by Gasteiger charge is 2.25. The van der Waals surface area contributed by atoms with Crippen LogP contribution in [-0.2, 0) is 4.79 Å². The van der Waals surface area contributed by atoms with Crippen molar-refractivity contribution in [2.75, 3.05) is 33.3 Å². The molecule has 1 aliphatic rings. The van der Waals surface area contributed by atoms with Crippen LogP contribution in [0.25, 0.3) is 0 Å². The van der Waals surface area contributed by atoms with Crippen LogP contribution in [0.1, 0.15) is 24.0 Å². The first-order chi connectivity index (χ1) is 10.1. The van der Waals surface area contributed by atoms with Gasteiger partial charge in [-0.15, -0.1) is 0 Å². The summed E-state index contributed by atoms with van der Waals surface area (Å²) in [6, 6.07) is 6.02. The van der Waals surface area contributed by atoms with Crippen molar-refractivity contribution >= 4 is 5.91 Å². The predicted octanol–water partition coefficient (Wildman–Crippen LogP) is 2.14. The summed E-state index contributed by atoms with van der Waals surface area (Å²) >= 11 is 0. The lowest BCUT2D eigenvalue weighted by atomic mass is 10.1. The second kappa shape index (κ2) is 7.46. The van der Waals surface area contributed by atoms with Crippen LogP contribution in [-0.4, -0.2) is 44.1 Å². The van der Waals surface area contributed by atoms with Gasteiger partial charge in [0.15, 0.2) is 0 Å². The van der Waals surface area contributed by atoms with E-state index in [-0.39, 0.29) is 5.91 Å². The van der Waals surface area contributed by atoms with Gasteiger partial charge in [0.2, 0.25) is 5.91 Å². The summed E-state index contributed by atoms with van der Waals surface area (Å²) in [5, 5.41) is 3.18. The summed E-state index contributed by atoms with van der Waals surface area (Å²) in [6.07, 6.45) is 1.56. The lowest BCUT2D eigenvalue weighted by Gasteiger charge is -2.17. The summed E-state index contributed by atoms with van der Waals surface area (Å²) in [5.41, 5.74) is 2.37. The van der Waals surface area contributed by atoms with Crippen molar-refractivity contribution in [1.29, 1.82) is 0 Å². The van der Waals surface area contributed by atoms with Gasteiger partial charge in [-0.1, -0.05) is 12.1 Å². The molecule has 0 spiro atoms. The van der Waals surface area contributed by atoms with Gasteiger partial charge in [-0.2, -0.15) is 0 Å². The average Bonchev–Trinajstić information content (AvgIpc) is 2.92. The molecule has 4 heteroatoms. The van der Waals surface area contributed by atoms with Gasteiger partial charge in [-0.25, -0.2) is 0 Å². The number of rotatable bonds is 6. The Labute approximate surface area is 127 Å². The molecular formula is C17H26N2O2. The normalized spacial score (nSPS) is 18.0. The highest BCUT2D eigenvalue weighted by atomic mass is 16.5. The second-order valence-corrected chi connectivity index (χ2v) is 5.85. The Morgan fingerprint density at radius 1 is 1.43 bits per heavy atom. The van der Waals surface area contributed by atoms with Crippen molar-refractivity contribution < 1.29 is 9.53 Å². The van der Waals surface area contributed by atoms with E-state index >= 15 is 0 Å². The smallest absolute Gasteiger partial charge is 0.226 e. The van der Waals surface area contributed by atoms with E-state index < -0.39 is 0 Å². The molecule has 0 saturated carbocycles. The van der Waals surface area contributed by atoms with Crippen LogP contribution < -0.4 is 10.1 Å². The number of amides is 1. The Morgan fingerprint density at radius 2 is 2.24 bits per heavy atom. The average molecular weight is 290 g/mol. The van der Waals surface area contributed by atoms with E-state index in [2.05, 4.69) is 25.2 Å². The molecule has 1 unspecified atom stereocenters. The Balaban J connectivity index is 1.76. The van der Waals surface area contributed by atoms with Gasteiger partial charge in [0.1, 0.15) is 5.75 Å². The van der Waals surface area contributed by atoms with Crippen LogP contribution in [0.3, 0.4) is 0 Å². The lowest BCUT2D eigenvalue weighted by molar-refractivity contribution is -0.130. The number of carbonyl (C=O) groups is 1. The van der Waals surface area contributed by atoms with E-state index in [4.69, 9.17) is 4.74 Å². The number of hydrogen-bond acceptors (Lipinski definition) is 3. The van der Waals surface area contributed by atoms with Crippen molar-refractivity contribution in [3.05, 3.63) is 29.3 Å². The molecule has 0 bridgehead atoms. The topological polar surface area (TPSA) is 41.6 Å². The third-order valence-electron chi connectivity index (χ3n) is 4.26. The van der Waals surface area contributed by atoms with Crippen molar-refractivity contribution in [2.45, 2.75) is 26.7 Å². The number of benzene rings is 1. The number of ether oxygens (including phenoxy) is 1. The molecule has 1 aliphatic heterocycles. The van der Waals surface area contributed by atoms with Crippen LogP contribution in [0.4, 0.5) is 0 Å². The summed E-state index contributed by atoms with van der Waals surface area (Å²) in [4.78, 5) is 14.1. The molecule has 1 fully saturated rings. The highest BCUT2D eigenvalue weighted by molar-refractivity contribution is 5.76. The quantitative estimate of drug-likeness (QED) is 0.873. The molecule has 2 rings (SSSR count).